The van der Waals surface area contributed by atoms with Crippen LogP contribution >= 0.6 is 23.2 Å². The molecule has 0 aliphatic rings. The molecular weight excluding hydrogens is 395 g/mol. The number of carbonyl (C=O) groups is 1. The number of benzene rings is 2. The molecule has 1 amide bonds. The molecule has 0 fully saturated rings. The van der Waals surface area contributed by atoms with Crippen molar-refractivity contribution in [2.75, 3.05) is 5.32 Å². The number of H-pyrrole nitrogens is 1. The first kappa shape index (κ1) is 18.6. The van der Waals surface area contributed by atoms with Gasteiger partial charge in [0.2, 0.25) is 5.91 Å². The van der Waals surface area contributed by atoms with Crippen LogP contribution in [0.2, 0.25) is 10.0 Å². The molecule has 4 aromatic rings. The highest BCUT2D eigenvalue weighted by Gasteiger charge is 2.13. The molecule has 0 spiro atoms. The van der Waals surface area contributed by atoms with Crippen LogP contribution in [-0.2, 0) is 17.8 Å². The fourth-order valence-corrected chi connectivity index (χ4v) is 3.54. The lowest BCUT2D eigenvalue weighted by Crippen LogP contribution is -2.13. The molecule has 0 aliphatic heterocycles. The third-order valence-electron chi connectivity index (χ3n) is 4.56. The molecule has 28 heavy (non-hydrogen) atoms. The first-order chi connectivity index (χ1) is 13.6. The van der Waals surface area contributed by atoms with E-state index in [4.69, 9.17) is 23.2 Å². The number of aromatic nitrogens is 3. The normalized spacial score (nSPS) is 11.1. The summed E-state index contributed by atoms with van der Waals surface area (Å²) in [6.07, 6.45) is 4.60. The number of nitrogens with one attached hydrogen (secondary N) is 2. The molecule has 0 radical (unpaired) electrons. The van der Waals surface area contributed by atoms with Gasteiger partial charge >= 0.3 is 0 Å². The Balaban J connectivity index is 1.39. The van der Waals surface area contributed by atoms with Crippen LogP contribution in [-0.4, -0.2) is 20.7 Å². The van der Waals surface area contributed by atoms with Crippen molar-refractivity contribution in [2.45, 2.75) is 19.4 Å². The summed E-state index contributed by atoms with van der Waals surface area (Å²) < 4.78 is 1.67. The number of rotatable bonds is 6. The van der Waals surface area contributed by atoms with E-state index in [-0.39, 0.29) is 5.91 Å². The Morgan fingerprint density at radius 1 is 1.04 bits per heavy atom. The van der Waals surface area contributed by atoms with Crippen LogP contribution in [0.5, 0.6) is 0 Å². The molecule has 0 bridgehead atoms. The summed E-state index contributed by atoms with van der Waals surface area (Å²) in [5.41, 5.74) is 3.11. The predicted molar refractivity (Wildman–Crippen MR) is 113 cm³/mol. The summed E-state index contributed by atoms with van der Waals surface area (Å²) in [4.78, 5) is 15.6. The second-order valence-corrected chi connectivity index (χ2v) is 7.34. The average molecular weight is 413 g/mol. The van der Waals surface area contributed by atoms with Gasteiger partial charge in [-0.05, 0) is 29.7 Å². The third kappa shape index (κ3) is 4.06. The fraction of sp³-hybridized carbons (Fsp3) is 0.143. The summed E-state index contributed by atoms with van der Waals surface area (Å²) >= 11 is 12.4. The lowest BCUT2D eigenvalue weighted by molar-refractivity contribution is -0.116. The molecular formula is C21H18Cl2N4O. The van der Waals surface area contributed by atoms with E-state index in [9.17, 15) is 4.79 Å². The summed E-state index contributed by atoms with van der Waals surface area (Å²) in [6.45, 7) is 0.477. The van der Waals surface area contributed by atoms with Crippen LogP contribution in [0, 0.1) is 0 Å². The van der Waals surface area contributed by atoms with E-state index in [0.717, 1.165) is 22.0 Å². The van der Waals surface area contributed by atoms with E-state index < -0.39 is 0 Å². The number of hydrogen-bond acceptors (Lipinski definition) is 2. The molecule has 2 aromatic heterocycles. The van der Waals surface area contributed by atoms with Gasteiger partial charge in [-0.25, -0.2) is 0 Å². The minimum absolute atomic E-state index is 0.129. The van der Waals surface area contributed by atoms with Gasteiger partial charge in [0, 0.05) is 34.7 Å². The number of amides is 1. The molecule has 2 heterocycles. The lowest BCUT2D eigenvalue weighted by atomic mass is 10.1. The first-order valence-electron chi connectivity index (χ1n) is 8.91. The van der Waals surface area contributed by atoms with Gasteiger partial charge < -0.3 is 10.3 Å². The van der Waals surface area contributed by atoms with Gasteiger partial charge in [-0.1, -0.05) is 59.6 Å². The molecule has 0 unspecified atom stereocenters. The van der Waals surface area contributed by atoms with E-state index in [2.05, 4.69) is 15.4 Å². The van der Waals surface area contributed by atoms with Gasteiger partial charge in [0.25, 0.3) is 0 Å². The zero-order chi connectivity index (χ0) is 19.5. The second kappa shape index (κ2) is 8.09. The molecule has 2 aromatic carbocycles. The number of nitrogens with zero attached hydrogens (tertiary/aromatic N) is 2. The maximum Gasteiger partial charge on any atom is 0.225 e. The van der Waals surface area contributed by atoms with Crippen LogP contribution in [0.1, 0.15) is 17.5 Å². The highest BCUT2D eigenvalue weighted by Crippen LogP contribution is 2.23. The predicted octanol–water partition coefficient (Wildman–Crippen LogP) is 5.29. The zero-order valence-electron chi connectivity index (χ0n) is 15.0. The van der Waals surface area contributed by atoms with E-state index in [1.54, 1.807) is 10.9 Å². The number of fused-ring (bicyclic) bond motifs is 1. The summed E-state index contributed by atoms with van der Waals surface area (Å²) in [6, 6.07) is 15.6. The molecule has 4 rings (SSSR count). The Kier molecular flexibility index (Phi) is 5.37. The minimum Gasteiger partial charge on any atom is -0.361 e. The van der Waals surface area contributed by atoms with Crippen LogP contribution in [0.3, 0.4) is 0 Å². The van der Waals surface area contributed by atoms with Crippen LogP contribution < -0.4 is 5.32 Å². The Morgan fingerprint density at radius 3 is 2.68 bits per heavy atom. The monoisotopic (exact) mass is 412 g/mol. The van der Waals surface area contributed by atoms with Crippen molar-refractivity contribution >= 4 is 45.8 Å². The second-order valence-electron chi connectivity index (χ2n) is 6.52. The van der Waals surface area contributed by atoms with Gasteiger partial charge in [0.1, 0.15) is 5.02 Å². The third-order valence-corrected chi connectivity index (χ3v) is 5.21. The van der Waals surface area contributed by atoms with Crippen LogP contribution in [0.4, 0.5) is 5.82 Å². The van der Waals surface area contributed by atoms with Gasteiger partial charge in [-0.2, -0.15) is 5.10 Å². The topological polar surface area (TPSA) is 62.7 Å². The van der Waals surface area contributed by atoms with Crippen LogP contribution in [0.25, 0.3) is 10.9 Å². The first-order valence-corrected chi connectivity index (χ1v) is 9.67. The van der Waals surface area contributed by atoms with Crippen molar-refractivity contribution in [3.05, 3.63) is 82.1 Å². The quantitative estimate of drug-likeness (QED) is 0.451. The molecule has 0 saturated heterocycles. The number of hydrogen-bond donors (Lipinski definition) is 2. The summed E-state index contributed by atoms with van der Waals surface area (Å²) in [5.74, 6) is 0.229. The van der Waals surface area contributed by atoms with E-state index in [1.807, 2.05) is 54.7 Å². The standard InChI is InChI=1S/C21H18Cl2N4O/c22-17-7-3-1-5-15(17)12-27-13-18(23)21(26-27)25-20(28)10-9-14-11-24-19-8-4-2-6-16(14)19/h1-8,11,13,24H,9-10,12H2,(H,25,26,28). The minimum atomic E-state index is -0.129. The van der Waals surface area contributed by atoms with Gasteiger partial charge in [-0.15, -0.1) is 0 Å². The zero-order valence-corrected chi connectivity index (χ0v) is 16.5. The smallest absolute Gasteiger partial charge is 0.225 e. The average Bonchev–Trinajstić information content (AvgIpc) is 3.25. The van der Waals surface area contributed by atoms with Gasteiger partial charge in [-0.3, -0.25) is 9.48 Å². The maximum atomic E-state index is 12.4. The van der Waals surface area contributed by atoms with Crippen molar-refractivity contribution in [3.8, 4) is 0 Å². The molecule has 0 atom stereocenters. The van der Waals surface area contributed by atoms with E-state index >= 15 is 0 Å². The highest BCUT2D eigenvalue weighted by atomic mass is 35.5. The van der Waals surface area contributed by atoms with Gasteiger partial charge in [0.05, 0.1) is 6.54 Å². The largest absolute Gasteiger partial charge is 0.361 e. The Labute approximate surface area is 172 Å². The Hall–Kier alpha value is -2.76. The van der Waals surface area contributed by atoms with Crippen molar-refractivity contribution in [1.29, 1.82) is 0 Å². The lowest BCUT2D eigenvalue weighted by Gasteiger charge is -2.04. The number of aryl methyl sites for hydroxylation is 1. The molecule has 2 N–H and O–H groups in total. The number of anilines is 1. The Morgan fingerprint density at radius 2 is 1.82 bits per heavy atom. The van der Waals surface area contributed by atoms with Crippen molar-refractivity contribution in [3.63, 3.8) is 0 Å². The van der Waals surface area contributed by atoms with Crippen molar-refractivity contribution < 1.29 is 4.79 Å². The fourth-order valence-electron chi connectivity index (χ4n) is 3.15. The van der Waals surface area contributed by atoms with Crippen molar-refractivity contribution in [2.24, 2.45) is 0 Å². The SMILES string of the molecule is O=C(CCc1c[nH]c2ccccc12)Nc1nn(Cc2ccccc2Cl)cc1Cl. The van der Waals surface area contributed by atoms with Crippen molar-refractivity contribution in [1.82, 2.24) is 14.8 Å². The van der Waals surface area contributed by atoms with E-state index in [1.165, 1.54) is 0 Å². The maximum absolute atomic E-state index is 12.4. The summed E-state index contributed by atoms with van der Waals surface area (Å²) in [5, 5.41) is 9.36. The van der Waals surface area contributed by atoms with Crippen LogP contribution in [0.15, 0.2) is 60.9 Å². The molecule has 142 valence electrons. The van der Waals surface area contributed by atoms with Gasteiger partial charge in [0.15, 0.2) is 5.82 Å². The number of aromatic amines is 1. The summed E-state index contributed by atoms with van der Waals surface area (Å²) in [7, 11) is 0. The number of halogens is 2. The molecule has 5 nitrogen and oxygen atoms in total. The molecule has 0 saturated carbocycles. The number of carbonyl (C=O) groups excluding carboxylic acids is 1. The highest BCUT2D eigenvalue weighted by molar-refractivity contribution is 6.33. The van der Waals surface area contributed by atoms with E-state index in [0.29, 0.717) is 35.2 Å². The number of para-hydroxylation sites is 1. The molecule has 0 aliphatic carbocycles. The Bertz CT molecular complexity index is 1130. The molecule has 7 heteroatoms.